The molecule has 0 unspecified atom stereocenters. The number of nitrogens with one attached hydrogen (secondary N) is 2. The van der Waals surface area contributed by atoms with Gasteiger partial charge in [-0.15, -0.1) is 0 Å². The van der Waals surface area contributed by atoms with Gasteiger partial charge in [-0.25, -0.2) is 4.79 Å². The predicted molar refractivity (Wildman–Crippen MR) is 88.4 cm³/mol. The van der Waals surface area contributed by atoms with E-state index in [2.05, 4.69) is 16.4 Å². The zero-order valence-electron chi connectivity index (χ0n) is 13.1. The minimum Gasteiger partial charge on any atom is -0.461 e. The minimum atomic E-state index is -0.239. The Bertz CT molecular complexity index is 630. The molecule has 2 aromatic rings. The number of carbonyl (C=O) groups is 1. The molecule has 3 rings (SSSR count). The Hall–Kier alpha value is -1.23. The number of aromatic amines is 1. The third-order valence-electron chi connectivity index (χ3n) is 3.97. The molecule has 0 bridgehead atoms. The van der Waals surface area contributed by atoms with Crippen LogP contribution in [-0.4, -0.2) is 41.6 Å². The topological polar surface area (TPSA) is 117 Å². The maximum Gasteiger partial charge on any atom is 0.355 e. The Balaban J connectivity index is 0. The van der Waals surface area contributed by atoms with E-state index in [4.69, 9.17) is 4.74 Å². The Morgan fingerprint density at radius 2 is 1.91 bits per heavy atom. The number of hydrogen-bond acceptors (Lipinski definition) is 3. The first-order chi connectivity index (χ1) is 9.81. The number of fused-ring (bicyclic) bond motifs is 1. The van der Waals surface area contributed by atoms with Crippen molar-refractivity contribution in [3.05, 3.63) is 35.5 Å². The number of piperidine rings is 1. The van der Waals surface area contributed by atoms with E-state index in [1.165, 1.54) is 0 Å². The molecule has 7 heteroatoms. The van der Waals surface area contributed by atoms with Crippen LogP contribution in [0.3, 0.4) is 0 Å². The molecular weight excluding hydrogens is 391 g/mol. The molecule has 1 aromatic heterocycles. The standard InChI is InChI=1S/C16H20N2O2.2H2O.Pd.H2/c1-2-20-16(19)15-14(11-7-9-17-10-8-11)12-5-3-4-6-13(12)18-15;;;;/h3-6,11,17-18H,2,7-10H2,1H3;2*1H2;;1H. The molecule has 1 aliphatic heterocycles. The fraction of sp³-hybridized carbons (Fsp3) is 0.438. The van der Waals surface area contributed by atoms with Crippen molar-refractivity contribution in [3.63, 3.8) is 0 Å². The first kappa shape index (κ1) is 21.8. The molecule has 1 aromatic carbocycles. The number of H-pyrrole nitrogens is 1. The number of ether oxygens (including phenoxy) is 1. The summed E-state index contributed by atoms with van der Waals surface area (Å²) in [6, 6.07) is 8.12. The third-order valence-corrected chi connectivity index (χ3v) is 3.97. The van der Waals surface area contributed by atoms with E-state index in [-0.39, 0.29) is 38.8 Å². The van der Waals surface area contributed by atoms with Crippen molar-refractivity contribution in [2.24, 2.45) is 0 Å². The van der Waals surface area contributed by atoms with Crippen molar-refractivity contribution in [3.8, 4) is 0 Å². The number of benzene rings is 1. The van der Waals surface area contributed by atoms with Gasteiger partial charge in [0.15, 0.2) is 0 Å². The van der Waals surface area contributed by atoms with E-state index >= 15 is 0 Å². The fourth-order valence-corrected chi connectivity index (χ4v) is 3.06. The van der Waals surface area contributed by atoms with E-state index in [1.54, 1.807) is 0 Å². The van der Waals surface area contributed by atoms with Crippen LogP contribution in [0.5, 0.6) is 0 Å². The summed E-state index contributed by atoms with van der Waals surface area (Å²) in [6.45, 7) is 4.25. The zero-order valence-corrected chi connectivity index (χ0v) is 14.6. The predicted octanol–water partition coefficient (Wildman–Crippen LogP) is 1.41. The maximum atomic E-state index is 12.2. The zero-order chi connectivity index (χ0) is 13.9. The summed E-state index contributed by atoms with van der Waals surface area (Å²) >= 11 is 0. The van der Waals surface area contributed by atoms with Crippen LogP contribution in [0, 0.1) is 0 Å². The number of aromatic nitrogens is 1. The third kappa shape index (κ3) is 4.40. The molecule has 23 heavy (non-hydrogen) atoms. The average molecular weight is 417 g/mol. The molecule has 6 N–H and O–H groups in total. The molecular formula is C16H26N2O4Pd. The number of carbonyl (C=O) groups excluding carboxylic acids is 1. The first-order valence-corrected chi connectivity index (χ1v) is 7.29. The van der Waals surface area contributed by atoms with Crippen LogP contribution < -0.4 is 5.32 Å². The van der Waals surface area contributed by atoms with Crippen LogP contribution >= 0.6 is 0 Å². The smallest absolute Gasteiger partial charge is 0.355 e. The Morgan fingerprint density at radius 1 is 1.26 bits per heavy atom. The van der Waals surface area contributed by atoms with Gasteiger partial charge < -0.3 is 26.0 Å². The van der Waals surface area contributed by atoms with Crippen molar-refractivity contribution in [2.75, 3.05) is 19.7 Å². The van der Waals surface area contributed by atoms with Gasteiger partial charge in [-0.2, -0.15) is 0 Å². The molecule has 0 radical (unpaired) electrons. The molecule has 0 atom stereocenters. The van der Waals surface area contributed by atoms with Gasteiger partial charge in [0.25, 0.3) is 0 Å². The van der Waals surface area contributed by atoms with Gasteiger partial charge in [0.1, 0.15) is 5.69 Å². The van der Waals surface area contributed by atoms with Gasteiger partial charge in [0.05, 0.1) is 6.61 Å². The summed E-state index contributed by atoms with van der Waals surface area (Å²) in [4.78, 5) is 15.5. The Morgan fingerprint density at radius 3 is 2.57 bits per heavy atom. The molecule has 0 aliphatic carbocycles. The van der Waals surface area contributed by atoms with Crippen LogP contribution in [0.2, 0.25) is 0 Å². The van der Waals surface area contributed by atoms with Gasteiger partial charge in [0, 0.05) is 32.8 Å². The number of hydrogen-bond donors (Lipinski definition) is 2. The second-order valence-electron chi connectivity index (χ2n) is 5.20. The van der Waals surface area contributed by atoms with Crippen molar-refractivity contribution in [1.82, 2.24) is 10.3 Å². The van der Waals surface area contributed by atoms with E-state index in [0.29, 0.717) is 18.2 Å². The molecule has 2 heterocycles. The maximum absolute atomic E-state index is 12.2. The summed E-state index contributed by atoms with van der Waals surface area (Å²) < 4.78 is 5.20. The summed E-state index contributed by atoms with van der Waals surface area (Å²) in [5, 5.41) is 4.53. The van der Waals surface area contributed by atoms with Crippen molar-refractivity contribution >= 4 is 16.9 Å². The number of esters is 1. The molecule has 1 fully saturated rings. The summed E-state index contributed by atoms with van der Waals surface area (Å²) in [7, 11) is 0. The van der Waals surface area contributed by atoms with Gasteiger partial charge in [-0.3, -0.25) is 0 Å². The molecule has 134 valence electrons. The average Bonchev–Trinajstić information content (AvgIpc) is 2.88. The summed E-state index contributed by atoms with van der Waals surface area (Å²) in [5.74, 6) is 0.184. The monoisotopic (exact) mass is 416 g/mol. The van der Waals surface area contributed by atoms with E-state index in [0.717, 1.165) is 42.4 Å². The van der Waals surface area contributed by atoms with Crippen LogP contribution in [0.4, 0.5) is 0 Å². The molecule has 1 aliphatic rings. The van der Waals surface area contributed by atoms with Crippen LogP contribution in [0.1, 0.15) is 43.2 Å². The molecule has 6 nitrogen and oxygen atoms in total. The van der Waals surface area contributed by atoms with E-state index < -0.39 is 0 Å². The quantitative estimate of drug-likeness (QED) is 0.581. The van der Waals surface area contributed by atoms with Gasteiger partial charge in [-0.1, -0.05) is 18.2 Å². The van der Waals surface area contributed by atoms with E-state index in [1.807, 2.05) is 25.1 Å². The van der Waals surface area contributed by atoms with Gasteiger partial charge in [0.2, 0.25) is 0 Å². The molecule has 1 saturated heterocycles. The van der Waals surface area contributed by atoms with Gasteiger partial charge >= 0.3 is 5.97 Å². The Kier molecular flexibility index (Phi) is 9.29. The SMILES string of the molecule is CCOC(=O)c1[nH]c2ccccc2c1C1CCNCC1.O.O.[HH].[Pd]. The first-order valence-electron chi connectivity index (χ1n) is 7.29. The van der Waals surface area contributed by atoms with Crippen LogP contribution in [0.25, 0.3) is 10.9 Å². The summed E-state index contributed by atoms with van der Waals surface area (Å²) in [5.41, 5.74) is 2.80. The minimum absolute atomic E-state index is 0. The van der Waals surface area contributed by atoms with Crippen molar-refractivity contribution in [1.29, 1.82) is 0 Å². The Labute approximate surface area is 150 Å². The fourth-order valence-electron chi connectivity index (χ4n) is 3.06. The van der Waals surface area contributed by atoms with E-state index in [9.17, 15) is 4.79 Å². The van der Waals surface area contributed by atoms with Crippen molar-refractivity contribution < 1.29 is 42.3 Å². The van der Waals surface area contributed by atoms with Crippen LogP contribution in [0.15, 0.2) is 24.3 Å². The second-order valence-corrected chi connectivity index (χ2v) is 5.20. The van der Waals surface area contributed by atoms with Crippen LogP contribution in [-0.2, 0) is 25.2 Å². The molecule has 0 saturated carbocycles. The number of para-hydroxylation sites is 1. The largest absolute Gasteiger partial charge is 0.461 e. The van der Waals surface area contributed by atoms with Gasteiger partial charge in [-0.05, 0) is 50.4 Å². The normalized spacial score (nSPS) is 14.3. The second kappa shape index (κ2) is 9.81. The number of rotatable bonds is 3. The molecule has 0 amide bonds. The molecule has 0 spiro atoms. The summed E-state index contributed by atoms with van der Waals surface area (Å²) in [6.07, 6.45) is 2.13. The van der Waals surface area contributed by atoms with Crippen molar-refractivity contribution in [2.45, 2.75) is 25.7 Å².